The number of likely N-dealkylation sites (tertiary alicyclic amines) is 1. The first-order valence-corrected chi connectivity index (χ1v) is 8.63. The molecule has 2 aliphatic rings. The van der Waals surface area contributed by atoms with E-state index in [9.17, 15) is 5.11 Å². The Morgan fingerprint density at radius 1 is 1.22 bits per heavy atom. The Bertz CT molecular complexity index is 491. The second-order valence-electron chi connectivity index (χ2n) is 6.46. The van der Waals surface area contributed by atoms with Crippen LogP contribution in [0.1, 0.15) is 24.4 Å². The van der Waals surface area contributed by atoms with Gasteiger partial charge in [0, 0.05) is 37.8 Å². The molecule has 0 spiro atoms. The summed E-state index contributed by atoms with van der Waals surface area (Å²) in [6.07, 6.45) is 1.99. The average Bonchev–Trinajstić information content (AvgIpc) is 3.03. The monoisotopic (exact) mass is 320 g/mol. The minimum absolute atomic E-state index is 0.316. The zero-order valence-corrected chi connectivity index (χ0v) is 14.0. The van der Waals surface area contributed by atoms with Crippen molar-refractivity contribution in [3.8, 4) is 5.75 Å². The van der Waals surface area contributed by atoms with Crippen molar-refractivity contribution in [3.05, 3.63) is 29.8 Å². The molecule has 1 N–H and O–H groups in total. The summed E-state index contributed by atoms with van der Waals surface area (Å²) < 4.78 is 10.9. The SMILES string of the molecule is COc1ccccc1C1CCCN1CC(O)CN1CCOCC1. The molecule has 0 bridgehead atoms. The van der Waals surface area contributed by atoms with Crippen LogP contribution in [0.5, 0.6) is 5.75 Å². The zero-order valence-electron chi connectivity index (χ0n) is 14.0. The molecule has 23 heavy (non-hydrogen) atoms. The fourth-order valence-corrected chi connectivity index (χ4v) is 3.75. The fraction of sp³-hybridized carbons (Fsp3) is 0.667. The molecule has 2 atom stereocenters. The van der Waals surface area contributed by atoms with Gasteiger partial charge in [-0.1, -0.05) is 18.2 Å². The van der Waals surface area contributed by atoms with Crippen molar-refractivity contribution in [2.45, 2.75) is 25.0 Å². The number of methoxy groups -OCH3 is 1. The van der Waals surface area contributed by atoms with Gasteiger partial charge in [-0.25, -0.2) is 0 Å². The number of aliphatic hydroxyl groups is 1. The summed E-state index contributed by atoms with van der Waals surface area (Å²) in [6.45, 7) is 5.90. The van der Waals surface area contributed by atoms with Crippen LogP contribution in [0.15, 0.2) is 24.3 Å². The Morgan fingerprint density at radius 2 is 2.00 bits per heavy atom. The first-order chi connectivity index (χ1) is 11.3. The number of morpholine rings is 1. The lowest BCUT2D eigenvalue weighted by Gasteiger charge is -2.32. The maximum atomic E-state index is 10.5. The number of para-hydroxylation sites is 1. The molecule has 2 aliphatic heterocycles. The molecule has 2 unspecified atom stereocenters. The van der Waals surface area contributed by atoms with Gasteiger partial charge in [0.1, 0.15) is 5.75 Å². The summed E-state index contributed by atoms with van der Waals surface area (Å²) in [5.41, 5.74) is 1.24. The van der Waals surface area contributed by atoms with E-state index in [4.69, 9.17) is 9.47 Å². The summed E-state index contributed by atoms with van der Waals surface area (Å²) in [4.78, 5) is 4.70. The zero-order chi connectivity index (χ0) is 16.1. The molecular formula is C18H28N2O3. The minimum atomic E-state index is -0.316. The van der Waals surface area contributed by atoms with Gasteiger partial charge in [-0.15, -0.1) is 0 Å². The molecule has 128 valence electrons. The Balaban J connectivity index is 1.60. The van der Waals surface area contributed by atoms with Crippen LogP contribution in [-0.4, -0.2) is 74.1 Å². The van der Waals surface area contributed by atoms with E-state index in [-0.39, 0.29) is 6.10 Å². The molecule has 0 saturated carbocycles. The van der Waals surface area contributed by atoms with E-state index < -0.39 is 0 Å². The van der Waals surface area contributed by atoms with Crippen LogP contribution in [0.2, 0.25) is 0 Å². The van der Waals surface area contributed by atoms with Gasteiger partial charge in [0.2, 0.25) is 0 Å². The van der Waals surface area contributed by atoms with Crippen molar-refractivity contribution in [2.75, 3.05) is 53.0 Å². The molecule has 0 aliphatic carbocycles. The van der Waals surface area contributed by atoms with E-state index in [0.29, 0.717) is 6.04 Å². The predicted octanol–water partition coefficient (Wildman–Crippen LogP) is 1.53. The van der Waals surface area contributed by atoms with Crippen LogP contribution < -0.4 is 4.74 Å². The van der Waals surface area contributed by atoms with Crippen molar-refractivity contribution in [2.24, 2.45) is 0 Å². The second kappa shape index (κ2) is 8.11. The van der Waals surface area contributed by atoms with Crippen LogP contribution in [0.25, 0.3) is 0 Å². The van der Waals surface area contributed by atoms with E-state index in [2.05, 4.69) is 21.9 Å². The molecule has 0 aromatic heterocycles. The van der Waals surface area contributed by atoms with Gasteiger partial charge in [0.15, 0.2) is 0 Å². The van der Waals surface area contributed by atoms with Crippen molar-refractivity contribution < 1.29 is 14.6 Å². The Labute approximate surface area is 138 Å². The Hall–Kier alpha value is -1.14. The minimum Gasteiger partial charge on any atom is -0.496 e. The van der Waals surface area contributed by atoms with Crippen LogP contribution in [0.3, 0.4) is 0 Å². The van der Waals surface area contributed by atoms with E-state index in [1.807, 2.05) is 12.1 Å². The maximum Gasteiger partial charge on any atom is 0.123 e. The molecule has 1 aromatic carbocycles. The highest BCUT2D eigenvalue weighted by Crippen LogP contribution is 2.36. The molecule has 5 nitrogen and oxygen atoms in total. The largest absolute Gasteiger partial charge is 0.496 e. The highest BCUT2D eigenvalue weighted by atomic mass is 16.5. The van der Waals surface area contributed by atoms with Gasteiger partial charge in [0.25, 0.3) is 0 Å². The number of benzene rings is 1. The maximum absolute atomic E-state index is 10.5. The first-order valence-electron chi connectivity index (χ1n) is 8.63. The van der Waals surface area contributed by atoms with Crippen molar-refractivity contribution >= 4 is 0 Å². The lowest BCUT2D eigenvalue weighted by atomic mass is 10.0. The van der Waals surface area contributed by atoms with E-state index in [1.54, 1.807) is 7.11 Å². The third-order valence-electron chi connectivity index (χ3n) is 4.88. The molecule has 5 heteroatoms. The number of aliphatic hydroxyl groups excluding tert-OH is 1. The summed E-state index contributed by atoms with van der Waals surface area (Å²) in [5, 5.41) is 10.5. The molecule has 2 fully saturated rings. The summed E-state index contributed by atoms with van der Waals surface area (Å²) >= 11 is 0. The summed E-state index contributed by atoms with van der Waals surface area (Å²) in [5.74, 6) is 0.951. The molecule has 2 saturated heterocycles. The summed E-state index contributed by atoms with van der Waals surface area (Å²) in [6, 6.07) is 8.60. The number of hydrogen-bond acceptors (Lipinski definition) is 5. The number of rotatable bonds is 6. The standard InChI is InChI=1S/C18H28N2O3/c1-22-18-7-3-2-5-16(18)17-6-4-8-20(17)14-15(21)13-19-9-11-23-12-10-19/h2-3,5,7,15,17,21H,4,6,8-14H2,1H3. The topological polar surface area (TPSA) is 45.2 Å². The van der Waals surface area contributed by atoms with Gasteiger partial charge in [-0.05, 0) is 25.5 Å². The van der Waals surface area contributed by atoms with E-state index in [1.165, 1.54) is 12.0 Å². The van der Waals surface area contributed by atoms with E-state index in [0.717, 1.165) is 58.1 Å². The average molecular weight is 320 g/mol. The molecule has 1 aromatic rings. The fourth-order valence-electron chi connectivity index (χ4n) is 3.75. The lowest BCUT2D eigenvalue weighted by Crippen LogP contribution is -2.44. The van der Waals surface area contributed by atoms with Gasteiger partial charge in [0.05, 0.1) is 26.4 Å². The van der Waals surface area contributed by atoms with Crippen molar-refractivity contribution in [1.29, 1.82) is 0 Å². The normalized spacial score (nSPS) is 24.7. The van der Waals surface area contributed by atoms with Gasteiger partial charge >= 0.3 is 0 Å². The Kier molecular flexibility index (Phi) is 5.89. The van der Waals surface area contributed by atoms with Crippen LogP contribution in [0, 0.1) is 0 Å². The first kappa shape index (κ1) is 16.7. The Morgan fingerprint density at radius 3 is 2.78 bits per heavy atom. The van der Waals surface area contributed by atoms with Crippen LogP contribution >= 0.6 is 0 Å². The molecule has 3 rings (SSSR count). The van der Waals surface area contributed by atoms with Gasteiger partial charge < -0.3 is 14.6 Å². The van der Waals surface area contributed by atoms with Gasteiger partial charge in [-0.3, -0.25) is 9.80 Å². The predicted molar refractivity (Wildman–Crippen MR) is 89.8 cm³/mol. The third kappa shape index (κ3) is 4.23. The van der Waals surface area contributed by atoms with Crippen LogP contribution in [-0.2, 0) is 4.74 Å². The van der Waals surface area contributed by atoms with Gasteiger partial charge in [-0.2, -0.15) is 0 Å². The molecule has 0 radical (unpaired) electrons. The van der Waals surface area contributed by atoms with Crippen LogP contribution in [0.4, 0.5) is 0 Å². The molecule has 2 heterocycles. The number of β-amino-alcohol motifs (C(OH)–C–C–N with tert-alkyl or cyclic N) is 1. The van der Waals surface area contributed by atoms with Crippen molar-refractivity contribution in [3.63, 3.8) is 0 Å². The van der Waals surface area contributed by atoms with Crippen molar-refractivity contribution in [1.82, 2.24) is 9.80 Å². The third-order valence-corrected chi connectivity index (χ3v) is 4.88. The number of ether oxygens (including phenoxy) is 2. The second-order valence-corrected chi connectivity index (χ2v) is 6.46. The molecular weight excluding hydrogens is 292 g/mol. The molecule has 0 amide bonds. The number of hydrogen-bond donors (Lipinski definition) is 1. The highest BCUT2D eigenvalue weighted by Gasteiger charge is 2.30. The quantitative estimate of drug-likeness (QED) is 0.861. The smallest absolute Gasteiger partial charge is 0.123 e. The lowest BCUT2D eigenvalue weighted by molar-refractivity contribution is 0.00578. The van der Waals surface area contributed by atoms with E-state index >= 15 is 0 Å². The highest BCUT2D eigenvalue weighted by molar-refractivity contribution is 5.36. The number of nitrogens with zero attached hydrogens (tertiary/aromatic N) is 2. The summed E-state index contributed by atoms with van der Waals surface area (Å²) in [7, 11) is 1.73.